The van der Waals surface area contributed by atoms with E-state index in [0.29, 0.717) is 12.1 Å². The highest BCUT2D eigenvalue weighted by atomic mass is 32.1. The summed E-state index contributed by atoms with van der Waals surface area (Å²) in [5, 5.41) is 1.83. The van der Waals surface area contributed by atoms with Gasteiger partial charge in [0.05, 0.1) is 17.0 Å². The molecule has 0 atom stereocenters. The van der Waals surface area contributed by atoms with Crippen LogP contribution in [0.5, 0.6) is 0 Å². The minimum Gasteiger partial charge on any atom is -0.320 e. The van der Waals surface area contributed by atoms with Crippen molar-refractivity contribution in [2.24, 2.45) is 5.73 Å². The lowest BCUT2D eigenvalue weighted by Gasteiger charge is -2.16. The Morgan fingerprint density at radius 3 is 2.67 bits per heavy atom. The van der Waals surface area contributed by atoms with Crippen LogP contribution in [0.3, 0.4) is 0 Å². The van der Waals surface area contributed by atoms with Crippen molar-refractivity contribution in [3.05, 3.63) is 51.7 Å². The molecule has 0 saturated carbocycles. The second-order valence-corrected chi connectivity index (χ2v) is 5.50. The predicted molar refractivity (Wildman–Crippen MR) is 88.8 cm³/mol. The standard InChI is InChI=1S/C17H18N2OS/c1-3-13-6-8-15(9-7-13)19(2)17(20)14-11-16(21-12-14)5-4-10-18/h6-9,11-12H,3,10,18H2,1-2H3. The van der Waals surface area contributed by atoms with E-state index in [0.717, 1.165) is 17.0 Å². The first-order chi connectivity index (χ1) is 10.2. The van der Waals surface area contributed by atoms with Crippen LogP contribution >= 0.6 is 11.3 Å². The fourth-order valence-electron chi connectivity index (χ4n) is 1.92. The molecule has 1 aromatic carbocycles. The molecule has 4 heteroatoms. The van der Waals surface area contributed by atoms with E-state index < -0.39 is 0 Å². The molecule has 2 aromatic rings. The lowest BCUT2D eigenvalue weighted by Crippen LogP contribution is -2.25. The van der Waals surface area contributed by atoms with Crippen LogP contribution in [0.2, 0.25) is 0 Å². The molecule has 2 N–H and O–H groups in total. The van der Waals surface area contributed by atoms with E-state index in [4.69, 9.17) is 5.73 Å². The van der Waals surface area contributed by atoms with Crippen molar-refractivity contribution in [1.29, 1.82) is 0 Å². The maximum atomic E-state index is 12.4. The van der Waals surface area contributed by atoms with Gasteiger partial charge in [-0.2, -0.15) is 0 Å². The maximum absolute atomic E-state index is 12.4. The monoisotopic (exact) mass is 298 g/mol. The molecule has 0 bridgehead atoms. The van der Waals surface area contributed by atoms with Gasteiger partial charge in [-0.15, -0.1) is 11.3 Å². The fraction of sp³-hybridized carbons (Fsp3) is 0.235. The molecule has 0 aliphatic heterocycles. The van der Waals surface area contributed by atoms with Crippen LogP contribution in [0.15, 0.2) is 35.7 Å². The van der Waals surface area contributed by atoms with Gasteiger partial charge in [0.15, 0.2) is 0 Å². The predicted octanol–water partition coefficient (Wildman–Crippen LogP) is 2.90. The van der Waals surface area contributed by atoms with Gasteiger partial charge in [-0.1, -0.05) is 30.9 Å². The van der Waals surface area contributed by atoms with E-state index in [2.05, 4.69) is 18.8 Å². The van der Waals surface area contributed by atoms with E-state index in [1.54, 1.807) is 11.9 Å². The van der Waals surface area contributed by atoms with Gasteiger partial charge in [0.1, 0.15) is 0 Å². The van der Waals surface area contributed by atoms with Crippen LogP contribution in [0.1, 0.15) is 27.7 Å². The minimum absolute atomic E-state index is 0.0312. The summed E-state index contributed by atoms with van der Waals surface area (Å²) in [6.45, 7) is 2.43. The number of aryl methyl sites for hydroxylation is 1. The number of anilines is 1. The first-order valence-electron chi connectivity index (χ1n) is 6.80. The van der Waals surface area contributed by atoms with Crippen LogP contribution in [-0.4, -0.2) is 19.5 Å². The zero-order valence-electron chi connectivity index (χ0n) is 12.2. The normalized spacial score (nSPS) is 9.86. The Balaban J connectivity index is 2.16. The Bertz CT molecular complexity index is 677. The lowest BCUT2D eigenvalue weighted by molar-refractivity contribution is 0.0993. The second-order valence-electron chi connectivity index (χ2n) is 4.59. The van der Waals surface area contributed by atoms with Crippen molar-refractivity contribution in [3.63, 3.8) is 0 Å². The summed E-state index contributed by atoms with van der Waals surface area (Å²) in [5.41, 5.74) is 8.15. The molecule has 0 saturated heterocycles. The molecule has 0 unspecified atom stereocenters. The van der Waals surface area contributed by atoms with Gasteiger partial charge in [-0.05, 0) is 30.2 Å². The molecule has 1 heterocycles. The number of hydrogen-bond donors (Lipinski definition) is 1. The number of nitrogens with two attached hydrogens (primary N) is 1. The van der Waals surface area contributed by atoms with Gasteiger partial charge in [-0.3, -0.25) is 4.79 Å². The topological polar surface area (TPSA) is 46.3 Å². The third-order valence-corrected chi connectivity index (χ3v) is 4.04. The Hall–Kier alpha value is -2.09. The SMILES string of the molecule is CCc1ccc(N(C)C(=O)c2csc(C#CCN)c2)cc1. The summed E-state index contributed by atoms with van der Waals surface area (Å²) in [6, 6.07) is 9.85. The third kappa shape index (κ3) is 3.72. The van der Waals surface area contributed by atoms with Gasteiger partial charge < -0.3 is 10.6 Å². The minimum atomic E-state index is -0.0312. The zero-order chi connectivity index (χ0) is 15.2. The molecule has 3 nitrogen and oxygen atoms in total. The highest BCUT2D eigenvalue weighted by Gasteiger charge is 2.14. The molecular formula is C17H18N2OS. The van der Waals surface area contributed by atoms with Crippen LogP contribution in [0.25, 0.3) is 0 Å². The van der Waals surface area contributed by atoms with Gasteiger partial charge in [0.25, 0.3) is 5.91 Å². The maximum Gasteiger partial charge on any atom is 0.258 e. The van der Waals surface area contributed by atoms with E-state index in [-0.39, 0.29) is 5.91 Å². The number of carbonyl (C=O) groups is 1. The van der Waals surface area contributed by atoms with Crippen LogP contribution in [0.4, 0.5) is 5.69 Å². The Labute approximate surface area is 129 Å². The number of hydrogen-bond acceptors (Lipinski definition) is 3. The third-order valence-electron chi connectivity index (χ3n) is 3.20. The number of carbonyl (C=O) groups excluding carboxylic acids is 1. The Morgan fingerprint density at radius 2 is 2.05 bits per heavy atom. The van der Waals surface area contributed by atoms with E-state index in [9.17, 15) is 4.79 Å². The van der Waals surface area contributed by atoms with E-state index in [1.165, 1.54) is 16.9 Å². The van der Waals surface area contributed by atoms with Crippen LogP contribution in [0, 0.1) is 11.8 Å². The number of thiophene rings is 1. The summed E-state index contributed by atoms with van der Waals surface area (Å²) in [4.78, 5) is 15.0. The number of benzene rings is 1. The van der Waals surface area contributed by atoms with Crippen molar-refractivity contribution in [2.75, 3.05) is 18.5 Å². The summed E-state index contributed by atoms with van der Waals surface area (Å²) in [7, 11) is 1.78. The lowest BCUT2D eigenvalue weighted by atomic mass is 10.1. The molecular weight excluding hydrogens is 280 g/mol. The van der Waals surface area contributed by atoms with Gasteiger partial charge in [-0.25, -0.2) is 0 Å². The fourth-order valence-corrected chi connectivity index (χ4v) is 2.67. The highest BCUT2D eigenvalue weighted by Crippen LogP contribution is 2.20. The summed E-state index contributed by atoms with van der Waals surface area (Å²) < 4.78 is 0. The zero-order valence-corrected chi connectivity index (χ0v) is 13.0. The quantitative estimate of drug-likeness (QED) is 0.886. The Morgan fingerprint density at radius 1 is 1.33 bits per heavy atom. The average Bonchev–Trinajstić information content (AvgIpc) is 3.00. The molecule has 21 heavy (non-hydrogen) atoms. The van der Waals surface area contributed by atoms with E-state index >= 15 is 0 Å². The molecule has 0 spiro atoms. The smallest absolute Gasteiger partial charge is 0.258 e. The molecule has 108 valence electrons. The molecule has 1 amide bonds. The largest absolute Gasteiger partial charge is 0.320 e. The molecule has 2 rings (SSSR count). The molecule has 0 fully saturated rings. The van der Waals surface area contributed by atoms with Crippen molar-refractivity contribution < 1.29 is 4.79 Å². The Kier molecular flexibility index (Phi) is 5.15. The van der Waals surface area contributed by atoms with Crippen LogP contribution in [-0.2, 0) is 6.42 Å². The summed E-state index contributed by atoms with van der Waals surface area (Å²) in [6.07, 6.45) is 0.992. The molecule has 0 aliphatic rings. The van der Waals surface area contributed by atoms with Crippen molar-refractivity contribution >= 4 is 22.9 Å². The number of nitrogens with zero attached hydrogens (tertiary/aromatic N) is 1. The van der Waals surface area contributed by atoms with E-state index in [1.807, 2.05) is 35.7 Å². The number of amides is 1. The first-order valence-corrected chi connectivity index (χ1v) is 7.68. The van der Waals surface area contributed by atoms with Crippen molar-refractivity contribution in [2.45, 2.75) is 13.3 Å². The number of rotatable bonds is 3. The van der Waals surface area contributed by atoms with Gasteiger partial charge in [0, 0.05) is 18.1 Å². The van der Waals surface area contributed by atoms with Gasteiger partial charge >= 0.3 is 0 Å². The molecule has 1 aromatic heterocycles. The average molecular weight is 298 g/mol. The summed E-state index contributed by atoms with van der Waals surface area (Å²) >= 11 is 1.46. The second kappa shape index (κ2) is 7.07. The molecule has 0 aliphatic carbocycles. The first kappa shape index (κ1) is 15.3. The summed E-state index contributed by atoms with van der Waals surface area (Å²) in [5.74, 6) is 5.71. The van der Waals surface area contributed by atoms with Crippen LogP contribution < -0.4 is 10.6 Å². The van der Waals surface area contributed by atoms with Gasteiger partial charge in [0.2, 0.25) is 0 Å². The van der Waals surface area contributed by atoms with Crippen molar-refractivity contribution in [1.82, 2.24) is 0 Å². The highest BCUT2D eigenvalue weighted by molar-refractivity contribution is 7.10. The molecule has 0 radical (unpaired) electrons. The van der Waals surface area contributed by atoms with Crippen molar-refractivity contribution in [3.8, 4) is 11.8 Å².